The number of imide groups is 1. The Morgan fingerprint density at radius 1 is 1.29 bits per heavy atom. The van der Waals surface area contributed by atoms with Crippen molar-refractivity contribution in [3.63, 3.8) is 0 Å². The molecule has 0 fully saturated rings. The highest BCUT2D eigenvalue weighted by Crippen LogP contribution is 2.39. The van der Waals surface area contributed by atoms with Crippen LogP contribution in [-0.2, 0) is 4.79 Å². The maximum Gasteiger partial charge on any atom is 0.326 e. The van der Waals surface area contributed by atoms with Crippen LogP contribution in [0.1, 0.15) is 22.0 Å². The lowest BCUT2D eigenvalue weighted by molar-refractivity contribution is -0.117. The number of halogens is 1. The van der Waals surface area contributed by atoms with Gasteiger partial charge in [-0.15, -0.1) is 0 Å². The fraction of sp³-hybridized carbons (Fsp3) is 0.0714. The monoisotopic (exact) mass is 288 g/mol. The normalized spacial score (nSPS) is 16.9. The van der Waals surface area contributed by atoms with E-state index in [2.05, 4.69) is 0 Å². The van der Waals surface area contributed by atoms with Gasteiger partial charge in [-0.25, -0.2) is 14.1 Å². The Morgan fingerprint density at radius 2 is 2.05 bits per heavy atom. The third-order valence-corrected chi connectivity index (χ3v) is 3.26. The van der Waals surface area contributed by atoms with Gasteiger partial charge in [-0.05, 0) is 29.8 Å². The van der Waals surface area contributed by atoms with Gasteiger partial charge in [0.15, 0.2) is 5.76 Å². The topological polar surface area (TPSA) is 93.6 Å². The number of Topliss-reactive ketones (excluding diaryl/α,β-unsaturated/α-hetero) is 1. The Hall–Kier alpha value is -2.96. The van der Waals surface area contributed by atoms with Gasteiger partial charge in [-0.3, -0.25) is 9.59 Å². The number of hydrogen-bond donors (Lipinski definition) is 1. The second-order valence-electron chi connectivity index (χ2n) is 4.49. The van der Waals surface area contributed by atoms with E-state index in [1.165, 1.54) is 24.5 Å². The molecule has 2 heterocycles. The van der Waals surface area contributed by atoms with Crippen LogP contribution in [0.3, 0.4) is 0 Å². The van der Waals surface area contributed by atoms with Crippen LogP contribution in [0, 0.1) is 5.82 Å². The first-order valence-electron chi connectivity index (χ1n) is 6.01. The number of nitrogens with zero attached hydrogens (tertiary/aromatic N) is 1. The summed E-state index contributed by atoms with van der Waals surface area (Å²) in [7, 11) is 0. The van der Waals surface area contributed by atoms with Crippen LogP contribution in [0.15, 0.2) is 41.0 Å². The number of nitrogens with two attached hydrogens (primary N) is 1. The first kappa shape index (κ1) is 13.0. The molecular formula is C14H9FN2O4. The average molecular weight is 288 g/mol. The highest BCUT2D eigenvalue weighted by molar-refractivity contribution is 6.29. The fourth-order valence-electron chi connectivity index (χ4n) is 2.38. The number of urea groups is 1. The second kappa shape index (κ2) is 4.55. The molecule has 1 aromatic carbocycles. The van der Waals surface area contributed by atoms with Crippen LogP contribution in [0.25, 0.3) is 0 Å². The smallest absolute Gasteiger partial charge is 0.326 e. The number of carbonyl (C=O) groups is 3. The third-order valence-electron chi connectivity index (χ3n) is 3.26. The molecule has 6 nitrogen and oxygen atoms in total. The summed E-state index contributed by atoms with van der Waals surface area (Å²) in [6.07, 6.45) is 1.30. The standard InChI is InChI=1S/C14H9FN2O4/c15-7-3-4-8-9(6-7)17(14(16)20)13(19)11(8)12(18)10-2-1-5-21-10/h1-6,11H,(H2,16,20)/t11-/m0/s1. The number of rotatable bonds is 2. The molecule has 106 valence electrons. The van der Waals surface area contributed by atoms with Crippen molar-refractivity contribution in [1.29, 1.82) is 0 Å². The summed E-state index contributed by atoms with van der Waals surface area (Å²) in [4.78, 5) is 36.7. The molecule has 1 aliphatic heterocycles. The fourth-order valence-corrected chi connectivity index (χ4v) is 2.38. The molecule has 1 atom stereocenters. The second-order valence-corrected chi connectivity index (χ2v) is 4.49. The predicted octanol–water partition coefficient (Wildman–Crippen LogP) is 1.81. The number of amides is 3. The van der Waals surface area contributed by atoms with Crippen LogP contribution >= 0.6 is 0 Å². The maximum absolute atomic E-state index is 13.3. The van der Waals surface area contributed by atoms with E-state index in [0.29, 0.717) is 4.90 Å². The highest BCUT2D eigenvalue weighted by Gasteiger charge is 2.45. The Kier molecular flexibility index (Phi) is 2.83. The quantitative estimate of drug-likeness (QED) is 0.673. The van der Waals surface area contributed by atoms with E-state index in [1.54, 1.807) is 0 Å². The minimum absolute atomic E-state index is 0.0163. The minimum Gasteiger partial charge on any atom is -0.461 e. The Balaban J connectivity index is 2.13. The van der Waals surface area contributed by atoms with Gasteiger partial charge >= 0.3 is 6.03 Å². The zero-order chi connectivity index (χ0) is 15.1. The molecule has 2 aromatic rings. The molecule has 1 aliphatic rings. The van der Waals surface area contributed by atoms with E-state index < -0.39 is 29.5 Å². The van der Waals surface area contributed by atoms with Crippen molar-refractivity contribution in [3.8, 4) is 0 Å². The van der Waals surface area contributed by atoms with Crippen LogP contribution in [0.4, 0.5) is 14.9 Å². The van der Waals surface area contributed by atoms with Crippen LogP contribution in [0.2, 0.25) is 0 Å². The van der Waals surface area contributed by atoms with Gasteiger partial charge in [-0.2, -0.15) is 0 Å². The van der Waals surface area contributed by atoms with E-state index in [4.69, 9.17) is 10.2 Å². The Bertz CT molecular complexity index is 754. The Morgan fingerprint density at radius 3 is 2.67 bits per heavy atom. The molecule has 2 N–H and O–H groups in total. The minimum atomic E-state index is -1.26. The zero-order valence-corrected chi connectivity index (χ0v) is 10.6. The number of benzene rings is 1. The SMILES string of the molecule is NC(=O)N1C(=O)[C@H](C(=O)c2ccco2)c2ccc(F)cc21. The van der Waals surface area contributed by atoms with Crippen molar-refractivity contribution in [2.75, 3.05) is 4.90 Å². The molecule has 0 aliphatic carbocycles. The first-order valence-corrected chi connectivity index (χ1v) is 6.01. The molecule has 0 bridgehead atoms. The lowest BCUT2D eigenvalue weighted by atomic mass is 9.95. The summed E-state index contributed by atoms with van der Waals surface area (Å²) >= 11 is 0. The van der Waals surface area contributed by atoms with E-state index in [-0.39, 0.29) is 17.0 Å². The number of ketones is 1. The van der Waals surface area contributed by atoms with Gasteiger partial charge in [0, 0.05) is 0 Å². The van der Waals surface area contributed by atoms with Crippen molar-refractivity contribution in [1.82, 2.24) is 0 Å². The number of hydrogen-bond acceptors (Lipinski definition) is 4. The van der Waals surface area contributed by atoms with Crippen LogP contribution in [-0.4, -0.2) is 17.7 Å². The number of fused-ring (bicyclic) bond motifs is 1. The molecule has 3 amide bonds. The summed E-state index contributed by atoms with van der Waals surface area (Å²) in [6.45, 7) is 0. The molecule has 3 rings (SSSR count). The summed E-state index contributed by atoms with van der Waals surface area (Å²) in [6, 6.07) is 5.24. The average Bonchev–Trinajstić information content (AvgIpc) is 3.02. The molecule has 1 aromatic heterocycles. The van der Waals surface area contributed by atoms with Crippen molar-refractivity contribution in [2.24, 2.45) is 5.73 Å². The van der Waals surface area contributed by atoms with Crippen molar-refractivity contribution >= 4 is 23.4 Å². The molecule has 0 saturated heterocycles. The molecule has 0 saturated carbocycles. The molecule has 7 heteroatoms. The van der Waals surface area contributed by atoms with E-state index in [0.717, 1.165) is 12.1 Å². The lowest BCUT2D eigenvalue weighted by Gasteiger charge is -2.12. The predicted molar refractivity (Wildman–Crippen MR) is 69.2 cm³/mol. The molecular weight excluding hydrogens is 279 g/mol. The van der Waals surface area contributed by atoms with Gasteiger partial charge in [0.25, 0.3) is 5.91 Å². The highest BCUT2D eigenvalue weighted by atomic mass is 19.1. The summed E-state index contributed by atoms with van der Waals surface area (Å²) in [5, 5.41) is 0. The van der Waals surface area contributed by atoms with Gasteiger partial charge < -0.3 is 10.2 Å². The summed E-state index contributed by atoms with van der Waals surface area (Å²) < 4.78 is 18.3. The van der Waals surface area contributed by atoms with Crippen LogP contribution < -0.4 is 10.6 Å². The van der Waals surface area contributed by atoms with E-state index in [1.807, 2.05) is 0 Å². The molecule has 0 spiro atoms. The van der Waals surface area contributed by atoms with Gasteiger partial charge in [0.2, 0.25) is 5.78 Å². The zero-order valence-electron chi connectivity index (χ0n) is 10.6. The van der Waals surface area contributed by atoms with Gasteiger partial charge in [0.05, 0.1) is 12.0 Å². The number of carbonyl (C=O) groups excluding carboxylic acids is 3. The summed E-state index contributed by atoms with van der Waals surface area (Å²) in [5.74, 6) is -3.35. The number of furan rings is 1. The van der Waals surface area contributed by atoms with Gasteiger partial charge in [-0.1, -0.05) is 6.07 Å². The van der Waals surface area contributed by atoms with Crippen molar-refractivity contribution in [3.05, 3.63) is 53.7 Å². The molecule has 0 unspecified atom stereocenters. The molecule has 21 heavy (non-hydrogen) atoms. The largest absolute Gasteiger partial charge is 0.461 e. The van der Waals surface area contributed by atoms with Crippen molar-refractivity contribution < 1.29 is 23.2 Å². The van der Waals surface area contributed by atoms with Crippen molar-refractivity contribution in [2.45, 2.75) is 5.92 Å². The van der Waals surface area contributed by atoms with Gasteiger partial charge in [0.1, 0.15) is 11.7 Å². The maximum atomic E-state index is 13.3. The number of anilines is 1. The molecule has 0 radical (unpaired) electrons. The number of primary amides is 1. The van der Waals surface area contributed by atoms with E-state index in [9.17, 15) is 18.8 Å². The first-order chi connectivity index (χ1) is 10.0. The third kappa shape index (κ3) is 1.90. The summed E-state index contributed by atoms with van der Waals surface area (Å²) in [5.41, 5.74) is 5.35. The lowest BCUT2D eigenvalue weighted by Crippen LogP contribution is -2.40. The Labute approximate surface area is 117 Å². The van der Waals surface area contributed by atoms with E-state index >= 15 is 0 Å². The van der Waals surface area contributed by atoms with Crippen LogP contribution in [0.5, 0.6) is 0 Å².